The van der Waals surface area contributed by atoms with Crippen molar-refractivity contribution in [1.82, 2.24) is 9.97 Å². The molecule has 4 nitrogen and oxygen atoms in total. The number of aromatic nitrogens is 2. The van der Waals surface area contributed by atoms with Gasteiger partial charge < -0.3 is 10.1 Å². The van der Waals surface area contributed by atoms with E-state index >= 15 is 0 Å². The van der Waals surface area contributed by atoms with Crippen LogP contribution < -0.4 is 10.1 Å². The van der Waals surface area contributed by atoms with E-state index in [4.69, 9.17) is 4.74 Å². The number of hydrogen-bond donors (Lipinski definition) is 1. The quantitative estimate of drug-likeness (QED) is 0.610. The van der Waals surface area contributed by atoms with Crippen molar-refractivity contribution in [2.45, 2.75) is 16.5 Å². The van der Waals surface area contributed by atoms with E-state index < -0.39 is 0 Å². The van der Waals surface area contributed by atoms with Crippen LogP contribution in [0.5, 0.6) is 11.5 Å². The third-order valence-corrected chi connectivity index (χ3v) is 4.41. The molecule has 0 saturated carbocycles. The molecule has 1 aromatic carbocycles. The Balaban J connectivity index is 1.53. The van der Waals surface area contributed by atoms with Gasteiger partial charge in [-0.25, -0.2) is 4.98 Å². The lowest BCUT2D eigenvalue weighted by molar-refractivity contribution is 0.449. The molecule has 0 fully saturated rings. The topological polar surface area (TPSA) is 47.0 Å². The molecule has 0 unspecified atom stereocenters. The van der Waals surface area contributed by atoms with Crippen LogP contribution in [0.3, 0.4) is 0 Å². The van der Waals surface area contributed by atoms with Crippen molar-refractivity contribution in [1.29, 1.82) is 0 Å². The number of nitrogens with one attached hydrogen (secondary N) is 1. The fourth-order valence-electron chi connectivity index (χ4n) is 2.24. The lowest BCUT2D eigenvalue weighted by atomic mass is 10.2. The average molecular weight is 307 g/mol. The number of pyridine rings is 2. The minimum Gasteiger partial charge on any atom is -0.453 e. The largest absolute Gasteiger partial charge is 0.453 e. The first-order valence-electron chi connectivity index (χ1n) is 6.96. The van der Waals surface area contributed by atoms with Crippen molar-refractivity contribution in [2.24, 2.45) is 0 Å². The number of anilines is 1. The van der Waals surface area contributed by atoms with Crippen molar-refractivity contribution < 1.29 is 4.74 Å². The second-order valence-electron chi connectivity index (χ2n) is 4.88. The van der Waals surface area contributed by atoms with E-state index in [9.17, 15) is 0 Å². The summed E-state index contributed by atoms with van der Waals surface area (Å²) in [6, 6.07) is 14.0. The number of rotatable bonds is 3. The Hall–Kier alpha value is -2.53. The molecular formula is C17H13N3OS. The Kier molecular flexibility index (Phi) is 3.40. The van der Waals surface area contributed by atoms with E-state index in [-0.39, 0.29) is 0 Å². The molecule has 0 spiro atoms. The predicted octanol–water partition coefficient (Wildman–Crippen LogP) is 4.35. The standard InChI is InChI=1S/C17H13N3OS/c1-2-14-17(19-7-1)22-16-4-3-13(10-15(16)21-14)20-11-12-5-8-18-9-6-12/h1-10,20H,11H2. The molecule has 3 heterocycles. The van der Waals surface area contributed by atoms with Gasteiger partial charge in [-0.1, -0.05) is 11.8 Å². The van der Waals surface area contributed by atoms with Crippen LogP contribution in [0.4, 0.5) is 5.69 Å². The first-order chi connectivity index (χ1) is 10.9. The molecule has 108 valence electrons. The van der Waals surface area contributed by atoms with Crippen molar-refractivity contribution in [3.63, 3.8) is 0 Å². The molecule has 4 rings (SSSR count). The van der Waals surface area contributed by atoms with Gasteiger partial charge in [0.2, 0.25) is 0 Å². The SMILES string of the molecule is c1cnc2c(c1)Oc1cc(NCc3ccncc3)ccc1S2. The molecule has 1 aliphatic rings. The molecule has 3 aromatic rings. The Morgan fingerprint density at radius 1 is 1.00 bits per heavy atom. The monoisotopic (exact) mass is 307 g/mol. The van der Waals surface area contributed by atoms with Crippen LogP contribution in [-0.2, 0) is 6.54 Å². The van der Waals surface area contributed by atoms with Gasteiger partial charge in [-0.3, -0.25) is 4.98 Å². The van der Waals surface area contributed by atoms with Crippen LogP contribution in [0.2, 0.25) is 0 Å². The van der Waals surface area contributed by atoms with Gasteiger partial charge in [0, 0.05) is 36.9 Å². The van der Waals surface area contributed by atoms with Gasteiger partial charge in [0.25, 0.3) is 0 Å². The zero-order valence-electron chi connectivity index (χ0n) is 11.7. The van der Waals surface area contributed by atoms with Crippen molar-refractivity contribution in [3.8, 4) is 11.5 Å². The second kappa shape index (κ2) is 5.69. The van der Waals surface area contributed by atoms with Crippen LogP contribution in [0.1, 0.15) is 5.56 Å². The Labute approximate surface area is 132 Å². The van der Waals surface area contributed by atoms with Gasteiger partial charge in [-0.2, -0.15) is 0 Å². The van der Waals surface area contributed by atoms with Gasteiger partial charge in [-0.05, 0) is 42.0 Å². The fourth-order valence-corrected chi connectivity index (χ4v) is 3.11. The highest BCUT2D eigenvalue weighted by molar-refractivity contribution is 7.99. The molecule has 0 aliphatic carbocycles. The van der Waals surface area contributed by atoms with E-state index in [0.29, 0.717) is 0 Å². The third kappa shape index (κ3) is 2.63. The van der Waals surface area contributed by atoms with E-state index in [1.54, 1.807) is 30.4 Å². The Morgan fingerprint density at radius 2 is 1.91 bits per heavy atom. The molecular weight excluding hydrogens is 294 g/mol. The predicted molar refractivity (Wildman–Crippen MR) is 86.4 cm³/mol. The summed E-state index contributed by atoms with van der Waals surface area (Å²) in [4.78, 5) is 9.44. The van der Waals surface area contributed by atoms with E-state index in [2.05, 4.69) is 27.4 Å². The molecule has 1 N–H and O–H groups in total. The lowest BCUT2D eigenvalue weighted by Crippen LogP contribution is -2.01. The normalized spacial score (nSPS) is 12.0. The highest BCUT2D eigenvalue weighted by atomic mass is 32.2. The van der Waals surface area contributed by atoms with Crippen molar-refractivity contribution >= 4 is 17.4 Å². The molecule has 5 heteroatoms. The van der Waals surface area contributed by atoms with Crippen LogP contribution in [0.25, 0.3) is 0 Å². The zero-order valence-corrected chi connectivity index (χ0v) is 12.5. The van der Waals surface area contributed by atoms with E-state index in [1.807, 2.05) is 30.3 Å². The maximum absolute atomic E-state index is 5.94. The van der Waals surface area contributed by atoms with Gasteiger partial charge in [0.15, 0.2) is 5.75 Å². The van der Waals surface area contributed by atoms with Gasteiger partial charge >= 0.3 is 0 Å². The summed E-state index contributed by atoms with van der Waals surface area (Å²) >= 11 is 1.63. The van der Waals surface area contributed by atoms with E-state index in [1.165, 1.54) is 5.56 Å². The maximum atomic E-state index is 5.94. The molecule has 1 aliphatic heterocycles. The average Bonchev–Trinajstić information content (AvgIpc) is 2.59. The Morgan fingerprint density at radius 3 is 2.82 bits per heavy atom. The molecule has 0 bridgehead atoms. The summed E-state index contributed by atoms with van der Waals surface area (Å²) in [6.07, 6.45) is 5.38. The summed E-state index contributed by atoms with van der Waals surface area (Å²) in [5, 5.41) is 4.31. The summed E-state index contributed by atoms with van der Waals surface area (Å²) < 4.78 is 5.94. The number of ether oxygens (including phenoxy) is 1. The second-order valence-corrected chi connectivity index (χ2v) is 5.91. The van der Waals surface area contributed by atoms with E-state index in [0.717, 1.165) is 33.7 Å². The van der Waals surface area contributed by atoms with Crippen LogP contribution in [0, 0.1) is 0 Å². The molecule has 0 amide bonds. The molecule has 0 saturated heterocycles. The van der Waals surface area contributed by atoms with Gasteiger partial charge in [-0.15, -0.1) is 0 Å². The number of nitrogens with zero attached hydrogens (tertiary/aromatic N) is 2. The minimum atomic E-state index is 0.757. The highest BCUT2D eigenvalue weighted by Gasteiger charge is 2.18. The smallest absolute Gasteiger partial charge is 0.160 e. The van der Waals surface area contributed by atoms with Gasteiger partial charge in [0.05, 0.1) is 4.90 Å². The van der Waals surface area contributed by atoms with Crippen LogP contribution >= 0.6 is 11.8 Å². The van der Waals surface area contributed by atoms with Crippen LogP contribution in [-0.4, -0.2) is 9.97 Å². The summed E-state index contributed by atoms with van der Waals surface area (Å²) in [5.41, 5.74) is 2.22. The summed E-state index contributed by atoms with van der Waals surface area (Å²) in [7, 11) is 0. The number of benzene rings is 1. The lowest BCUT2D eigenvalue weighted by Gasteiger charge is -2.19. The molecule has 2 aromatic heterocycles. The first-order valence-corrected chi connectivity index (χ1v) is 7.78. The Bertz CT molecular complexity index is 808. The molecule has 0 atom stereocenters. The first kappa shape index (κ1) is 13.2. The zero-order chi connectivity index (χ0) is 14.8. The van der Waals surface area contributed by atoms with Crippen molar-refractivity contribution in [2.75, 3.05) is 5.32 Å². The number of fused-ring (bicyclic) bond motifs is 2. The fraction of sp³-hybridized carbons (Fsp3) is 0.0588. The minimum absolute atomic E-state index is 0.757. The molecule has 22 heavy (non-hydrogen) atoms. The summed E-state index contributed by atoms with van der Waals surface area (Å²) in [5.74, 6) is 1.68. The molecule has 0 radical (unpaired) electrons. The maximum Gasteiger partial charge on any atom is 0.160 e. The van der Waals surface area contributed by atoms with Crippen LogP contribution in [0.15, 0.2) is 71.0 Å². The highest BCUT2D eigenvalue weighted by Crippen LogP contribution is 2.46. The number of hydrogen-bond acceptors (Lipinski definition) is 5. The van der Waals surface area contributed by atoms with Gasteiger partial charge in [0.1, 0.15) is 10.8 Å². The van der Waals surface area contributed by atoms with Crippen molar-refractivity contribution in [3.05, 3.63) is 66.6 Å². The summed E-state index contributed by atoms with van der Waals surface area (Å²) in [6.45, 7) is 0.757. The third-order valence-electron chi connectivity index (χ3n) is 3.35.